The lowest BCUT2D eigenvalue weighted by Gasteiger charge is -2.17. The fourth-order valence-electron chi connectivity index (χ4n) is 1.79. The van der Waals surface area contributed by atoms with E-state index in [1.165, 1.54) is 6.07 Å². The molecule has 1 aromatic rings. The van der Waals surface area contributed by atoms with Gasteiger partial charge < -0.3 is 14.6 Å². The third-order valence-corrected chi connectivity index (χ3v) is 4.40. The molecule has 1 heterocycles. The van der Waals surface area contributed by atoms with Crippen molar-refractivity contribution in [2.24, 2.45) is 0 Å². The lowest BCUT2D eigenvalue weighted by molar-refractivity contribution is 0.308. The molecule has 0 amide bonds. The van der Waals surface area contributed by atoms with E-state index in [-0.39, 0.29) is 5.09 Å². The van der Waals surface area contributed by atoms with Crippen molar-refractivity contribution in [1.29, 1.82) is 0 Å². The number of nitrogens with zero attached hydrogens (tertiary/aromatic N) is 1. The molecule has 7 heteroatoms. The van der Waals surface area contributed by atoms with Crippen LogP contribution in [0.15, 0.2) is 21.6 Å². The smallest absolute Gasteiger partial charge is 0.274 e. The molecule has 116 valence electrons. The van der Waals surface area contributed by atoms with E-state index in [0.717, 1.165) is 19.6 Å². The summed E-state index contributed by atoms with van der Waals surface area (Å²) in [5, 5.41) is 3.06. The number of nitrogens with one attached hydrogen (secondary N) is 2. The molecule has 6 nitrogen and oxygen atoms in total. The van der Waals surface area contributed by atoms with Gasteiger partial charge in [-0.15, -0.1) is 0 Å². The summed E-state index contributed by atoms with van der Waals surface area (Å²) in [5.74, 6) is 0.621. The van der Waals surface area contributed by atoms with Gasteiger partial charge in [-0.3, -0.25) is 0 Å². The second-order valence-electron chi connectivity index (χ2n) is 4.43. The number of hydrogen-bond donors (Lipinski definition) is 2. The van der Waals surface area contributed by atoms with Crippen LogP contribution in [0.1, 0.15) is 26.5 Å². The molecule has 0 unspecified atom stereocenters. The van der Waals surface area contributed by atoms with Gasteiger partial charge in [-0.05, 0) is 31.8 Å². The predicted molar refractivity (Wildman–Crippen MR) is 79.1 cm³/mol. The highest BCUT2D eigenvalue weighted by Gasteiger charge is 2.18. The van der Waals surface area contributed by atoms with Crippen LogP contribution in [0.4, 0.5) is 0 Å². The normalized spacial score (nSPS) is 12.2. The highest BCUT2D eigenvalue weighted by molar-refractivity contribution is 7.89. The lowest BCUT2D eigenvalue weighted by Crippen LogP contribution is -2.34. The number of likely N-dealkylation sites (N-methyl/N-ethyl adjacent to an activating group) is 1. The monoisotopic (exact) mass is 303 g/mol. The van der Waals surface area contributed by atoms with E-state index < -0.39 is 10.0 Å². The fourth-order valence-corrected chi connectivity index (χ4v) is 2.76. The van der Waals surface area contributed by atoms with Gasteiger partial charge in [-0.1, -0.05) is 20.8 Å². The van der Waals surface area contributed by atoms with Crippen molar-refractivity contribution in [3.8, 4) is 0 Å². The first-order valence-corrected chi connectivity index (χ1v) is 8.53. The summed E-state index contributed by atoms with van der Waals surface area (Å²) in [6, 6.07) is 3.17. The zero-order valence-corrected chi connectivity index (χ0v) is 13.3. The highest BCUT2D eigenvalue weighted by atomic mass is 32.2. The summed E-state index contributed by atoms with van der Waals surface area (Å²) in [7, 11) is -3.55. The lowest BCUT2D eigenvalue weighted by atomic mass is 10.4. The first-order chi connectivity index (χ1) is 9.53. The molecular formula is C13H25N3O3S. The number of rotatable bonds is 10. The Morgan fingerprint density at radius 2 is 1.90 bits per heavy atom. The summed E-state index contributed by atoms with van der Waals surface area (Å²) < 4.78 is 32.0. The SMILES string of the molecule is CCNCc1ccc(S(=O)(=O)NCCN(CC)CC)o1. The molecule has 0 aliphatic carbocycles. The van der Waals surface area contributed by atoms with Crippen molar-refractivity contribution in [1.82, 2.24) is 14.9 Å². The maximum absolute atomic E-state index is 12.0. The Morgan fingerprint density at radius 3 is 2.50 bits per heavy atom. The molecule has 0 spiro atoms. The number of furan rings is 1. The molecule has 2 N–H and O–H groups in total. The number of sulfonamides is 1. The van der Waals surface area contributed by atoms with E-state index in [2.05, 4.69) is 28.8 Å². The van der Waals surface area contributed by atoms with Gasteiger partial charge in [-0.25, -0.2) is 13.1 Å². The minimum atomic E-state index is -3.55. The Bertz CT molecular complexity index is 481. The van der Waals surface area contributed by atoms with E-state index in [9.17, 15) is 8.42 Å². The Hall–Kier alpha value is -0.890. The van der Waals surface area contributed by atoms with Gasteiger partial charge in [0.1, 0.15) is 5.76 Å². The van der Waals surface area contributed by atoms with E-state index in [1.807, 2.05) is 6.92 Å². The van der Waals surface area contributed by atoms with Gasteiger partial charge in [0.05, 0.1) is 6.54 Å². The topological polar surface area (TPSA) is 74.6 Å². The van der Waals surface area contributed by atoms with Crippen molar-refractivity contribution >= 4 is 10.0 Å². The predicted octanol–water partition coefficient (Wildman–Crippen LogP) is 1.01. The third-order valence-electron chi connectivity index (χ3n) is 3.07. The van der Waals surface area contributed by atoms with Gasteiger partial charge in [0, 0.05) is 13.1 Å². The summed E-state index contributed by atoms with van der Waals surface area (Å²) in [6.07, 6.45) is 0. The minimum absolute atomic E-state index is 0.0232. The Balaban J connectivity index is 2.53. The van der Waals surface area contributed by atoms with E-state index in [0.29, 0.717) is 25.4 Å². The van der Waals surface area contributed by atoms with E-state index in [4.69, 9.17) is 4.42 Å². The first kappa shape index (κ1) is 17.2. The van der Waals surface area contributed by atoms with Crippen molar-refractivity contribution < 1.29 is 12.8 Å². The molecule has 0 bridgehead atoms. The molecule has 0 saturated heterocycles. The molecule has 0 saturated carbocycles. The third kappa shape index (κ3) is 5.24. The molecule has 1 rings (SSSR count). The number of hydrogen-bond acceptors (Lipinski definition) is 5. The summed E-state index contributed by atoms with van der Waals surface area (Å²) >= 11 is 0. The first-order valence-electron chi connectivity index (χ1n) is 7.04. The Kier molecular flexibility index (Phi) is 7.22. The highest BCUT2D eigenvalue weighted by Crippen LogP contribution is 2.13. The molecule has 0 fully saturated rings. The summed E-state index contributed by atoms with van der Waals surface area (Å²) in [4.78, 5) is 2.15. The maximum Gasteiger partial charge on any atom is 0.274 e. The largest absolute Gasteiger partial charge is 0.447 e. The van der Waals surface area contributed by atoms with Crippen LogP contribution in [0.3, 0.4) is 0 Å². The fraction of sp³-hybridized carbons (Fsp3) is 0.692. The molecular weight excluding hydrogens is 278 g/mol. The Labute approximate surface area is 121 Å². The van der Waals surface area contributed by atoms with Gasteiger partial charge in [0.15, 0.2) is 0 Å². The molecule has 1 aromatic heterocycles. The van der Waals surface area contributed by atoms with Crippen LogP contribution in [0.25, 0.3) is 0 Å². The molecule has 0 radical (unpaired) electrons. The zero-order chi connectivity index (χ0) is 15.0. The molecule has 0 aliphatic rings. The van der Waals surface area contributed by atoms with Crippen molar-refractivity contribution in [3.05, 3.63) is 17.9 Å². The van der Waals surface area contributed by atoms with Crippen LogP contribution in [-0.4, -0.2) is 46.0 Å². The zero-order valence-electron chi connectivity index (χ0n) is 12.5. The minimum Gasteiger partial charge on any atom is -0.447 e. The molecule has 0 aliphatic heterocycles. The second-order valence-corrected chi connectivity index (χ2v) is 6.12. The van der Waals surface area contributed by atoms with Gasteiger partial charge in [-0.2, -0.15) is 0 Å². The maximum atomic E-state index is 12.0. The molecule has 0 atom stereocenters. The van der Waals surface area contributed by atoms with Crippen molar-refractivity contribution in [3.63, 3.8) is 0 Å². The quantitative estimate of drug-likeness (QED) is 0.675. The second kappa shape index (κ2) is 8.41. The van der Waals surface area contributed by atoms with Gasteiger partial charge >= 0.3 is 0 Å². The average molecular weight is 303 g/mol. The average Bonchev–Trinajstić information content (AvgIpc) is 2.91. The summed E-state index contributed by atoms with van der Waals surface area (Å²) in [6.45, 7) is 10.3. The van der Waals surface area contributed by atoms with Gasteiger partial charge in [0.25, 0.3) is 10.0 Å². The molecule has 20 heavy (non-hydrogen) atoms. The van der Waals surface area contributed by atoms with Crippen LogP contribution in [0.5, 0.6) is 0 Å². The van der Waals surface area contributed by atoms with Crippen LogP contribution in [-0.2, 0) is 16.6 Å². The van der Waals surface area contributed by atoms with Crippen molar-refractivity contribution in [2.75, 3.05) is 32.7 Å². The van der Waals surface area contributed by atoms with E-state index in [1.54, 1.807) is 6.07 Å². The van der Waals surface area contributed by atoms with E-state index >= 15 is 0 Å². The van der Waals surface area contributed by atoms with Crippen LogP contribution >= 0.6 is 0 Å². The standard InChI is InChI=1S/C13H25N3O3S/c1-4-14-11-12-7-8-13(19-12)20(17,18)15-9-10-16(5-2)6-3/h7-8,14-15H,4-6,9-11H2,1-3H3. The summed E-state index contributed by atoms with van der Waals surface area (Å²) in [5.41, 5.74) is 0. The van der Waals surface area contributed by atoms with Crippen LogP contribution < -0.4 is 10.0 Å². The van der Waals surface area contributed by atoms with Crippen LogP contribution in [0, 0.1) is 0 Å². The molecule has 0 aromatic carbocycles. The van der Waals surface area contributed by atoms with Crippen molar-refractivity contribution in [2.45, 2.75) is 32.4 Å². The Morgan fingerprint density at radius 1 is 1.20 bits per heavy atom. The van der Waals surface area contributed by atoms with Crippen LogP contribution in [0.2, 0.25) is 0 Å². The van der Waals surface area contributed by atoms with Gasteiger partial charge in [0.2, 0.25) is 5.09 Å².